The van der Waals surface area contributed by atoms with Crippen LogP contribution in [0.25, 0.3) is 0 Å². The second kappa shape index (κ2) is 7.61. The van der Waals surface area contributed by atoms with Gasteiger partial charge in [0.15, 0.2) is 0 Å². The van der Waals surface area contributed by atoms with Gasteiger partial charge in [-0.3, -0.25) is 0 Å². The van der Waals surface area contributed by atoms with Crippen molar-refractivity contribution in [3.63, 3.8) is 0 Å². The SMILES string of the molecule is CC(C)CN(CCN(C)C)C(=O)N1C[C@H](O)C[C@@H]1C(=O)O. The van der Waals surface area contributed by atoms with Crippen LogP contribution in [0.5, 0.6) is 0 Å². The molecule has 1 saturated heterocycles. The zero-order valence-corrected chi connectivity index (χ0v) is 13.3. The molecular weight excluding hydrogens is 274 g/mol. The molecule has 0 bridgehead atoms. The molecular formula is C14H27N3O4. The summed E-state index contributed by atoms with van der Waals surface area (Å²) in [7, 11) is 3.86. The lowest BCUT2D eigenvalue weighted by Gasteiger charge is -2.32. The Hall–Kier alpha value is -1.34. The maximum Gasteiger partial charge on any atom is 0.326 e. The Morgan fingerprint density at radius 1 is 1.29 bits per heavy atom. The number of likely N-dealkylation sites (N-methyl/N-ethyl adjacent to an activating group) is 1. The van der Waals surface area contributed by atoms with Gasteiger partial charge in [-0.25, -0.2) is 9.59 Å². The summed E-state index contributed by atoms with van der Waals surface area (Å²) in [6, 6.07) is -1.23. The number of aliphatic hydroxyl groups is 1. The number of likely N-dealkylation sites (tertiary alicyclic amines) is 1. The molecule has 0 radical (unpaired) electrons. The molecule has 1 heterocycles. The van der Waals surface area contributed by atoms with Crippen molar-refractivity contribution in [2.45, 2.75) is 32.4 Å². The highest BCUT2D eigenvalue weighted by Gasteiger charge is 2.40. The van der Waals surface area contributed by atoms with E-state index in [0.29, 0.717) is 25.6 Å². The number of hydrogen-bond donors (Lipinski definition) is 2. The Morgan fingerprint density at radius 2 is 1.90 bits per heavy atom. The van der Waals surface area contributed by atoms with Gasteiger partial charge in [0.05, 0.1) is 6.10 Å². The van der Waals surface area contributed by atoms with Crippen LogP contribution in [0.4, 0.5) is 4.79 Å². The van der Waals surface area contributed by atoms with E-state index < -0.39 is 18.1 Å². The Balaban J connectivity index is 2.80. The van der Waals surface area contributed by atoms with Crippen molar-refractivity contribution in [1.29, 1.82) is 0 Å². The van der Waals surface area contributed by atoms with Crippen molar-refractivity contribution >= 4 is 12.0 Å². The number of carbonyl (C=O) groups is 2. The molecule has 0 saturated carbocycles. The van der Waals surface area contributed by atoms with E-state index in [1.807, 2.05) is 32.8 Å². The van der Waals surface area contributed by atoms with Crippen LogP contribution in [-0.4, -0.2) is 89.3 Å². The van der Waals surface area contributed by atoms with Crippen molar-refractivity contribution < 1.29 is 19.8 Å². The third kappa shape index (κ3) is 5.17. The summed E-state index contributed by atoms with van der Waals surface area (Å²) in [5.41, 5.74) is 0. The zero-order chi connectivity index (χ0) is 16.2. The van der Waals surface area contributed by atoms with Crippen LogP contribution in [0.1, 0.15) is 20.3 Å². The Kier molecular flexibility index (Phi) is 6.42. The first kappa shape index (κ1) is 17.7. The smallest absolute Gasteiger partial charge is 0.326 e. The lowest BCUT2D eigenvalue weighted by molar-refractivity contribution is -0.141. The second-order valence-corrected chi connectivity index (χ2v) is 6.32. The lowest BCUT2D eigenvalue weighted by atomic mass is 10.2. The van der Waals surface area contributed by atoms with E-state index >= 15 is 0 Å². The fraction of sp³-hybridized carbons (Fsp3) is 0.857. The lowest BCUT2D eigenvalue weighted by Crippen LogP contribution is -2.50. The van der Waals surface area contributed by atoms with Crippen LogP contribution < -0.4 is 0 Å². The first-order chi connectivity index (χ1) is 9.72. The quantitative estimate of drug-likeness (QED) is 0.729. The van der Waals surface area contributed by atoms with Gasteiger partial charge in [0.2, 0.25) is 0 Å². The molecule has 2 N–H and O–H groups in total. The normalized spacial score (nSPS) is 22.1. The van der Waals surface area contributed by atoms with Crippen LogP contribution in [0.2, 0.25) is 0 Å². The number of carbonyl (C=O) groups excluding carboxylic acids is 1. The third-order valence-electron chi connectivity index (χ3n) is 3.48. The fourth-order valence-corrected chi connectivity index (χ4v) is 2.47. The van der Waals surface area contributed by atoms with Gasteiger partial charge in [-0.2, -0.15) is 0 Å². The Morgan fingerprint density at radius 3 is 2.38 bits per heavy atom. The van der Waals surface area contributed by atoms with Crippen LogP contribution in [0, 0.1) is 5.92 Å². The summed E-state index contributed by atoms with van der Waals surface area (Å²) in [6.07, 6.45) is -0.658. The summed E-state index contributed by atoms with van der Waals surface area (Å²) >= 11 is 0. The molecule has 0 aromatic rings. The number of urea groups is 1. The minimum atomic E-state index is -1.06. The van der Waals surface area contributed by atoms with Crippen molar-refractivity contribution in [1.82, 2.24) is 14.7 Å². The van der Waals surface area contributed by atoms with E-state index in [-0.39, 0.29) is 19.0 Å². The van der Waals surface area contributed by atoms with E-state index in [9.17, 15) is 19.8 Å². The summed E-state index contributed by atoms with van der Waals surface area (Å²) < 4.78 is 0. The molecule has 7 nitrogen and oxygen atoms in total. The highest BCUT2D eigenvalue weighted by Crippen LogP contribution is 2.20. The second-order valence-electron chi connectivity index (χ2n) is 6.32. The summed E-state index contributed by atoms with van der Waals surface area (Å²) in [5.74, 6) is -0.760. The van der Waals surface area contributed by atoms with E-state index in [4.69, 9.17) is 0 Å². The van der Waals surface area contributed by atoms with Crippen molar-refractivity contribution in [3.05, 3.63) is 0 Å². The molecule has 2 atom stereocenters. The number of carboxylic acid groups (broad SMARTS) is 1. The molecule has 0 aromatic heterocycles. The maximum absolute atomic E-state index is 12.6. The van der Waals surface area contributed by atoms with E-state index in [1.165, 1.54) is 4.90 Å². The number of nitrogens with zero attached hydrogens (tertiary/aromatic N) is 3. The number of carboxylic acids is 1. The first-order valence-corrected chi connectivity index (χ1v) is 7.33. The molecule has 1 fully saturated rings. The Bertz CT molecular complexity index is 373. The van der Waals surface area contributed by atoms with Gasteiger partial charge in [-0.1, -0.05) is 13.8 Å². The van der Waals surface area contributed by atoms with Gasteiger partial charge in [0.1, 0.15) is 6.04 Å². The van der Waals surface area contributed by atoms with Crippen LogP contribution in [0.15, 0.2) is 0 Å². The number of β-amino-alcohol motifs (C(OH)–C–C–N with tert-alkyl or cyclic N) is 1. The molecule has 1 rings (SSSR count). The monoisotopic (exact) mass is 301 g/mol. The minimum Gasteiger partial charge on any atom is -0.480 e. The number of aliphatic hydroxyl groups excluding tert-OH is 1. The predicted octanol–water partition coefficient (Wildman–Crippen LogP) is 0.146. The average molecular weight is 301 g/mol. The largest absolute Gasteiger partial charge is 0.480 e. The van der Waals surface area contributed by atoms with Gasteiger partial charge < -0.3 is 24.9 Å². The summed E-state index contributed by atoms with van der Waals surface area (Å²) in [5, 5.41) is 18.9. The van der Waals surface area contributed by atoms with Crippen molar-refractivity contribution in [3.8, 4) is 0 Å². The topological polar surface area (TPSA) is 84.3 Å². The minimum absolute atomic E-state index is 0.0896. The predicted molar refractivity (Wildman–Crippen MR) is 79.1 cm³/mol. The van der Waals surface area contributed by atoms with Gasteiger partial charge in [-0.15, -0.1) is 0 Å². The highest BCUT2D eigenvalue weighted by molar-refractivity contribution is 5.83. The number of amides is 2. The number of hydrogen-bond acceptors (Lipinski definition) is 4. The molecule has 0 unspecified atom stereocenters. The molecule has 1 aliphatic rings. The molecule has 122 valence electrons. The van der Waals surface area contributed by atoms with Crippen molar-refractivity contribution in [2.75, 3.05) is 40.3 Å². The molecule has 1 aliphatic heterocycles. The fourth-order valence-electron chi connectivity index (χ4n) is 2.47. The number of aliphatic carboxylic acids is 1. The van der Waals surface area contributed by atoms with Gasteiger partial charge in [0.25, 0.3) is 0 Å². The molecule has 0 aliphatic carbocycles. The van der Waals surface area contributed by atoms with Crippen LogP contribution in [0.3, 0.4) is 0 Å². The van der Waals surface area contributed by atoms with E-state index in [0.717, 1.165) is 0 Å². The highest BCUT2D eigenvalue weighted by atomic mass is 16.4. The summed E-state index contributed by atoms with van der Waals surface area (Å²) in [4.78, 5) is 28.8. The standard InChI is InChI=1S/C14H27N3O4/c1-10(2)8-16(6-5-15(3)4)14(21)17-9-11(18)7-12(17)13(19)20/h10-12,18H,5-9H2,1-4H3,(H,19,20)/t11-,12-/m1/s1. The van der Waals surface area contributed by atoms with Crippen LogP contribution >= 0.6 is 0 Å². The number of rotatable bonds is 6. The Labute approximate surface area is 126 Å². The molecule has 21 heavy (non-hydrogen) atoms. The molecule has 2 amide bonds. The molecule has 7 heteroatoms. The van der Waals surface area contributed by atoms with Crippen LogP contribution in [-0.2, 0) is 4.79 Å². The third-order valence-corrected chi connectivity index (χ3v) is 3.48. The van der Waals surface area contributed by atoms with Crippen molar-refractivity contribution in [2.24, 2.45) is 5.92 Å². The average Bonchev–Trinajstić information content (AvgIpc) is 2.75. The molecule has 0 spiro atoms. The maximum atomic E-state index is 12.6. The van der Waals surface area contributed by atoms with Gasteiger partial charge >= 0.3 is 12.0 Å². The summed E-state index contributed by atoms with van der Waals surface area (Å²) in [6.45, 7) is 5.96. The first-order valence-electron chi connectivity index (χ1n) is 7.33. The zero-order valence-electron chi connectivity index (χ0n) is 13.3. The van der Waals surface area contributed by atoms with E-state index in [1.54, 1.807) is 4.90 Å². The molecule has 0 aromatic carbocycles. The van der Waals surface area contributed by atoms with E-state index in [2.05, 4.69) is 0 Å². The van der Waals surface area contributed by atoms with Gasteiger partial charge in [0, 0.05) is 32.6 Å². The van der Waals surface area contributed by atoms with Gasteiger partial charge in [-0.05, 0) is 20.0 Å².